The van der Waals surface area contributed by atoms with E-state index in [9.17, 15) is 177 Å². The molecule has 8 aliphatic heterocycles. The molecule has 8 aliphatic rings. The lowest BCUT2D eigenvalue weighted by molar-refractivity contribution is -0.391. The normalized spacial score (nSPS) is 43.9. The maximum absolute atomic E-state index is 13.8. The minimum atomic E-state index is -3.47. The van der Waals surface area contributed by atoms with Crippen molar-refractivity contribution in [3.05, 3.63) is 0 Å². The fourth-order valence-electron chi connectivity index (χ4n) is 15.3. The minimum absolute atomic E-state index is 0.762. The summed E-state index contributed by atoms with van der Waals surface area (Å²) in [5, 5.41) is 331. The maximum Gasteiger partial charge on any atom is 0.364 e. The van der Waals surface area contributed by atoms with Crippen LogP contribution in [0.25, 0.3) is 0 Å². The first-order valence-electron chi connectivity index (χ1n) is 38.7. The first-order valence-corrected chi connectivity index (χ1v) is 38.7. The van der Waals surface area contributed by atoms with Gasteiger partial charge in [-0.2, -0.15) is 0 Å². The molecule has 46 atom stereocenters. The smallest absolute Gasteiger partial charge is 0.364 e. The summed E-state index contributed by atoms with van der Waals surface area (Å²) < 4.78 is 95.4. The molecule has 8 rings (SSSR count). The van der Waals surface area contributed by atoms with Gasteiger partial charge in [-0.3, -0.25) is 19.2 Å². The largest absolute Gasteiger partial charge is 0.477 e. The van der Waals surface area contributed by atoms with E-state index in [1.807, 2.05) is 0 Å². The summed E-state index contributed by atoms with van der Waals surface area (Å²) in [4.78, 5) is 79.2. The number of hydrogen-bond donors (Lipinski definition) is 33. The average molecular weight is 1800 g/mol. The van der Waals surface area contributed by atoms with Gasteiger partial charge in [0.1, 0.15) is 201 Å². The molecule has 8 fully saturated rings. The van der Waals surface area contributed by atoms with E-state index in [0.717, 1.165) is 27.7 Å². The fraction of sp³-hybridized carbons (Fsp3) is 0.912. The summed E-state index contributed by atoms with van der Waals surface area (Å²) in [6.07, 6.45) is -94.9. The van der Waals surface area contributed by atoms with Gasteiger partial charge in [0.15, 0.2) is 37.7 Å². The van der Waals surface area contributed by atoms with Gasteiger partial charge in [-0.05, 0) is 6.92 Å². The monoisotopic (exact) mass is 1800 g/mol. The van der Waals surface area contributed by atoms with Gasteiger partial charge < -0.3 is 245 Å². The summed E-state index contributed by atoms with van der Waals surface area (Å²) in [6.45, 7) is -7.10. The topological polar surface area (TPSA) is 885 Å². The van der Waals surface area contributed by atoms with Crippen LogP contribution in [0.5, 0.6) is 0 Å². The summed E-state index contributed by atoms with van der Waals surface area (Å²) in [5.74, 6) is -15.5. The van der Waals surface area contributed by atoms with Gasteiger partial charge in [-0.1, -0.05) is 0 Å². The molecule has 0 saturated carbocycles. The number of hydrogen-bond acceptors (Lipinski definition) is 49. The van der Waals surface area contributed by atoms with Crippen LogP contribution in [0.15, 0.2) is 0 Å². The van der Waals surface area contributed by atoms with Gasteiger partial charge in [0.05, 0.1) is 89.9 Å². The quantitative estimate of drug-likeness (QED) is 0.0273. The molecule has 0 radical (unpaired) electrons. The second-order valence-corrected chi connectivity index (χ2v) is 30.8. The van der Waals surface area contributed by atoms with E-state index >= 15 is 0 Å². The number of aliphatic carboxylic acids is 2. The van der Waals surface area contributed by atoms with Gasteiger partial charge in [0.25, 0.3) is 11.6 Å². The van der Waals surface area contributed by atoms with Gasteiger partial charge in [-0.25, -0.2) is 9.59 Å². The molecular weight excluding hydrogens is 1690 g/mol. The minimum Gasteiger partial charge on any atom is -0.477 e. The van der Waals surface area contributed by atoms with Crippen molar-refractivity contribution in [1.82, 2.24) is 21.3 Å². The third-order valence-corrected chi connectivity index (χ3v) is 21.9. The molecule has 55 nitrogen and oxygen atoms in total. The number of rotatable bonds is 38. The van der Waals surface area contributed by atoms with Gasteiger partial charge >= 0.3 is 11.9 Å². The molecule has 55 heteroatoms. The molecule has 0 spiro atoms. The van der Waals surface area contributed by atoms with Gasteiger partial charge in [-0.15, -0.1) is 0 Å². The first-order chi connectivity index (χ1) is 57.7. The van der Waals surface area contributed by atoms with Crippen molar-refractivity contribution < 1.29 is 253 Å². The van der Waals surface area contributed by atoms with Crippen molar-refractivity contribution in [2.75, 3.05) is 59.5 Å². The maximum atomic E-state index is 13.8. The highest BCUT2D eigenvalue weighted by atomic mass is 16.8. The lowest BCUT2D eigenvalue weighted by Crippen LogP contribution is -2.72. The van der Waals surface area contributed by atoms with Crippen molar-refractivity contribution in [2.24, 2.45) is 0 Å². The Kier molecular flexibility index (Phi) is 37.5. The van der Waals surface area contributed by atoms with Crippen molar-refractivity contribution in [3.8, 4) is 0 Å². The molecule has 8 saturated heterocycles. The van der Waals surface area contributed by atoms with Crippen molar-refractivity contribution in [3.63, 3.8) is 0 Å². The van der Waals surface area contributed by atoms with E-state index in [1.54, 1.807) is 0 Å². The van der Waals surface area contributed by atoms with Crippen LogP contribution in [0.3, 0.4) is 0 Å². The van der Waals surface area contributed by atoms with E-state index in [-0.39, 0.29) is 0 Å². The van der Waals surface area contributed by atoms with Crippen LogP contribution in [0, 0.1) is 0 Å². The highest BCUT2D eigenvalue weighted by Crippen LogP contribution is 2.43. The van der Waals surface area contributed by atoms with Crippen LogP contribution in [0.2, 0.25) is 0 Å². The van der Waals surface area contributed by atoms with Gasteiger partial charge in [0.2, 0.25) is 23.6 Å². The Labute approximate surface area is 695 Å². The Balaban J connectivity index is 1.25. The number of amides is 4. The number of carbonyl (C=O) groups excluding carboxylic acids is 4. The Morgan fingerprint density at radius 2 is 0.756 bits per heavy atom. The number of carboxylic acid groups (broad SMARTS) is 2. The third kappa shape index (κ3) is 23.5. The molecule has 123 heavy (non-hydrogen) atoms. The van der Waals surface area contributed by atoms with Crippen LogP contribution in [-0.4, -0.2) is 524 Å². The summed E-state index contributed by atoms with van der Waals surface area (Å²) >= 11 is 0. The summed E-state index contributed by atoms with van der Waals surface area (Å²) in [6, 6.07) is -8.12. The van der Waals surface area contributed by atoms with E-state index in [4.69, 9.17) is 75.8 Å². The lowest BCUT2D eigenvalue weighted by atomic mass is 9.88. The predicted molar refractivity (Wildman–Crippen MR) is 379 cm³/mol. The van der Waals surface area contributed by atoms with Crippen LogP contribution in [-0.2, 0) is 105 Å². The molecule has 0 bridgehead atoms. The highest BCUT2D eigenvalue weighted by Gasteiger charge is 2.64. The van der Waals surface area contributed by atoms with Crippen LogP contribution in [0.4, 0.5) is 0 Å². The molecule has 0 aliphatic carbocycles. The number of aliphatic hydroxyl groups is 27. The Morgan fingerprint density at radius 3 is 1.25 bits per heavy atom. The summed E-state index contributed by atoms with van der Waals surface area (Å²) in [5.41, 5.74) is 0. The molecule has 4 amide bonds. The highest BCUT2D eigenvalue weighted by molar-refractivity contribution is 5.78. The lowest BCUT2D eigenvalue weighted by Gasteiger charge is -2.52. The number of ether oxygens (including phenoxy) is 16. The standard InChI is InChI=1S/C68H114N4O51/c1-17-37(90)45(98)47(100)61(110-17)119-56-36(72-21(5)83)59(113-30(14-79)52(56)117-62-48(101)46(99)41(94)28(12-77)111-62)108-15-31-44(97)57(49(102)63(115-31)116-51(27(89)11-76)38(91)24(86)8-73)120-60-35(71-20(4)82)53(43(96)32(114-60)16-109-67(65(104)105)6-22(84)33(69-18(2)80)54(121-67)39(92)25(87)9-74)118-64-50(103)58(42(95)29(13-78)112-64)123-68(66(106)107)7-23(85)34(70-19(3)81)55(122-68)40(93)26(88)10-75/h17,22-64,73-79,84-103H,6-16H2,1-5H3,(H,69,80)(H,70,81)(H,71,82)(H,72,83)(H,104,105)(H,106,107)/t17-,22-,23-,24-,25+,26+,27+,28+,29+,30+,31+,32+,33+,34+,35+,36+,37+,38+,39+,40+,41-,42-,43+,44-,45+,46-,47-,48+,49+,50+,51+,52+,53+,54+,55+,56+,57-,58-,59+,60-,61-,62-,63-,64-,67+,68-/m0/s1. The number of aliphatic hydroxyl groups excluding tert-OH is 27. The second kappa shape index (κ2) is 44.6. The summed E-state index contributed by atoms with van der Waals surface area (Å²) in [7, 11) is 0. The first kappa shape index (κ1) is 103. The third-order valence-electron chi connectivity index (χ3n) is 21.9. The number of carbonyl (C=O) groups is 6. The zero-order valence-corrected chi connectivity index (χ0v) is 66.1. The number of carboxylic acids is 2. The van der Waals surface area contributed by atoms with Crippen LogP contribution < -0.4 is 21.3 Å². The molecule has 33 N–H and O–H groups in total. The Bertz CT molecular complexity index is 3370. The molecular formula is C68H114N4O51. The Morgan fingerprint density at radius 1 is 0.374 bits per heavy atom. The van der Waals surface area contributed by atoms with Crippen LogP contribution in [0.1, 0.15) is 47.5 Å². The van der Waals surface area contributed by atoms with Crippen molar-refractivity contribution in [2.45, 2.75) is 328 Å². The predicted octanol–water partition coefficient (Wildman–Crippen LogP) is -21.0. The number of nitrogens with one attached hydrogen (secondary N) is 4. The van der Waals surface area contributed by atoms with Crippen molar-refractivity contribution >= 4 is 35.6 Å². The molecule has 0 aromatic heterocycles. The second-order valence-electron chi connectivity index (χ2n) is 30.8. The SMILES string of the molecule is CC(=O)N[C@H]1[C@H](OC[C@H]2O[C@@H](O[C@@H]([C@H](O)[C@@H](O)CO)[C@H](O)CO)[C@H](O)[C@@H](O[C@@H]3O[C@H](CO[C@]4(C(=O)O)C[C@H](O)[C@@H](NC(C)=O)[C@H]([C@H](O)[C@H](O)CO)O4)[C@@H](O)[C@H](O[C@@H]4O[C@H](CO)[C@H](O)[C@H](O[C@]5(C(=O)O)C[C@H](O)[C@@H](NC(C)=O)[C@H]([C@H](O)[C@H](O)CO)O5)[C@H]4O)[C@H]3NC(C)=O)[C@H]2O)O[C@H](CO)[C@@H](O[C@@H]2O[C@H](CO)[C@H](O)[C@H](O)[C@H]2O)[C@@H]1O[C@@H]1O[C@@H](C)[C@@H](O)[C@@H](O)[C@@H]1O. The fourth-order valence-corrected chi connectivity index (χ4v) is 15.3. The van der Waals surface area contributed by atoms with E-state index in [2.05, 4.69) is 21.3 Å². The van der Waals surface area contributed by atoms with E-state index in [0.29, 0.717) is 0 Å². The Hall–Kier alpha value is -4.90. The molecule has 0 aromatic carbocycles. The molecule has 8 heterocycles. The van der Waals surface area contributed by atoms with E-state index in [1.165, 1.54) is 6.92 Å². The zero-order valence-electron chi connectivity index (χ0n) is 66.1. The van der Waals surface area contributed by atoms with Gasteiger partial charge in [0, 0.05) is 40.5 Å². The molecule has 0 aromatic rings. The molecule has 712 valence electrons. The average Bonchev–Trinajstić information content (AvgIpc) is 0.755. The van der Waals surface area contributed by atoms with Crippen molar-refractivity contribution in [1.29, 1.82) is 0 Å². The van der Waals surface area contributed by atoms with E-state index < -0.39 is 389 Å². The molecule has 0 unspecified atom stereocenters. The van der Waals surface area contributed by atoms with Crippen LogP contribution >= 0.6 is 0 Å². The zero-order chi connectivity index (χ0) is 91.8.